The van der Waals surface area contributed by atoms with Crippen LogP contribution in [0.2, 0.25) is 6.55 Å². The van der Waals surface area contributed by atoms with Crippen molar-refractivity contribution < 1.29 is 0 Å². The summed E-state index contributed by atoms with van der Waals surface area (Å²) in [6.45, 7) is 7.25. The summed E-state index contributed by atoms with van der Waals surface area (Å²) in [5.74, 6) is 0. The van der Waals surface area contributed by atoms with Crippen LogP contribution in [0.25, 0.3) is 22.3 Å². The lowest BCUT2D eigenvalue weighted by Gasteiger charge is -2.30. The van der Waals surface area contributed by atoms with Crippen LogP contribution in [0.1, 0.15) is 25.0 Å². The van der Waals surface area contributed by atoms with Crippen molar-refractivity contribution >= 4 is 40.7 Å². The molecule has 0 radical (unpaired) electrons. The minimum absolute atomic E-state index is 0.0612. The summed E-state index contributed by atoms with van der Waals surface area (Å²) in [6, 6.07) is 54.2. The lowest BCUT2D eigenvalue weighted by Crippen LogP contribution is -2.62. The van der Waals surface area contributed by atoms with E-state index in [2.05, 4.69) is 171 Å². The molecule has 0 spiro atoms. The Balaban J connectivity index is 1.39. The zero-order valence-corrected chi connectivity index (χ0v) is 25.3. The van der Waals surface area contributed by atoms with Gasteiger partial charge in [-0.25, -0.2) is 0 Å². The summed E-state index contributed by atoms with van der Waals surface area (Å²) in [5, 5.41) is 4.44. The average molecular weight is 556 g/mol. The molecule has 202 valence electrons. The second kappa shape index (κ2) is 9.17. The van der Waals surface area contributed by atoms with E-state index in [1.807, 2.05) is 0 Å². The van der Waals surface area contributed by atoms with E-state index >= 15 is 0 Å². The predicted molar refractivity (Wildman–Crippen MR) is 181 cm³/mol. The van der Waals surface area contributed by atoms with Gasteiger partial charge in [0, 0.05) is 22.4 Å². The van der Waals surface area contributed by atoms with Gasteiger partial charge in [-0.1, -0.05) is 136 Å². The van der Waals surface area contributed by atoms with Crippen molar-refractivity contribution in [1.82, 2.24) is 0 Å². The molecule has 1 nitrogen and oxygen atoms in total. The van der Waals surface area contributed by atoms with Crippen molar-refractivity contribution in [2.45, 2.75) is 25.8 Å². The molecule has 2 heteroatoms. The first-order valence-electron chi connectivity index (χ1n) is 14.9. The Bertz CT molecular complexity index is 1980. The van der Waals surface area contributed by atoms with Crippen LogP contribution in [-0.2, 0) is 5.41 Å². The van der Waals surface area contributed by atoms with Crippen LogP contribution in [0, 0.1) is 0 Å². The van der Waals surface area contributed by atoms with Gasteiger partial charge >= 0.3 is 0 Å². The Hall–Kier alpha value is -4.66. The van der Waals surface area contributed by atoms with Crippen molar-refractivity contribution in [3.63, 3.8) is 0 Å². The largest absolute Gasteiger partial charge is 0.310 e. The molecule has 0 N–H and O–H groups in total. The monoisotopic (exact) mass is 555 g/mol. The zero-order valence-electron chi connectivity index (χ0n) is 24.3. The molecule has 0 saturated heterocycles. The van der Waals surface area contributed by atoms with E-state index in [4.69, 9.17) is 0 Å². The van der Waals surface area contributed by atoms with Crippen LogP contribution < -0.4 is 20.5 Å². The van der Waals surface area contributed by atoms with Crippen LogP contribution in [0.15, 0.2) is 146 Å². The Kier molecular flexibility index (Phi) is 5.48. The SMILES string of the molecule is CC1(C)c2ccccc2-c2ccc(N(c3ccccc3)c3cccc4c3-c3ccccc3[Si]4(C)c3ccccc3)cc21. The third kappa shape index (κ3) is 3.42. The molecule has 0 amide bonds. The van der Waals surface area contributed by atoms with Crippen LogP contribution in [0.3, 0.4) is 0 Å². The number of anilines is 3. The van der Waals surface area contributed by atoms with Gasteiger partial charge in [0.2, 0.25) is 0 Å². The fourth-order valence-electron chi connectivity index (χ4n) is 7.63. The lowest BCUT2D eigenvalue weighted by molar-refractivity contribution is 0.660. The van der Waals surface area contributed by atoms with E-state index in [0.29, 0.717) is 0 Å². The third-order valence-electron chi connectivity index (χ3n) is 9.75. The highest BCUT2D eigenvalue weighted by Crippen LogP contribution is 2.51. The molecular formula is C40H33NSi. The maximum Gasteiger partial charge on any atom is 0.147 e. The van der Waals surface area contributed by atoms with Gasteiger partial charge in [-0.05, 0) is 73.7 Å². The Labute approximate surface area is 249 Å². The highest BCUT2D eigenvalue weighted by atomic mass is 28.3. The number of benzene rings is 6. The first kappa shape index (κ1) is 25.1. The molecule has 42 heavy (non-hydrogen) atoms. The Morgan fingerprint density at radius 1 is 0.500 bits per heavy atom. The van der Waals surface area contributed by atoms with Gasteiger partial charge in [-0.2, -0.15) is 0 Å². The van der Waals surface area contributed by atoms with Crippen molar-refractivity contribution in [3.8, 4) is 22.3 Å². The number of rotatable bonds is 4. The fourth-order valence-corrected chi connectivity index (χ4v) is 11.8. The summed E-state index contributed by atoms with van der Waals surface area (Å²) in [5.41, 5.74) is 11.8. The van der Waals surface area contributed by atoms with Gasteiger partial charge < -0.3 is 4.90 Å². The first-order valence-corrected chi connectivity index (χ1v) is 17.4. The molecule has 6 aromatic carbocycles. The second-order valence-electron chi connectivity index (χ2n) is 12.3. The molecule has 2 aliphatic rings. The summed E-state index contributed by atoms with van der Waals surface area (Å²) < 4.78 is 0. The maximum absolute atomic E-state index is 2.53. The van der Waals surface area contributed by atoms with Gasteiger partial charge in [0.25, 0.3) is 0 Å². The zero-order chi connectivity index (χ0) is 28.5. The van der Waals surface area contributed by atoms with Gasteiger partial charge in [0.1, 0.15) is 8.07 Å². The highest BCUT2D eigenvalue weighted by Gasteiger charge is 2.44. The molecular weight excluding hydrogens is 523 g/mol. The van der Waals surface area contributed by atoms with Crippen molar-refractivity contribution in [3.05, 3.63) is 157 Å². The third-order valence-corrected chi connectivity index (χ3v) is 14.2. The molecule has 1 aliphatic heterocycles. The molecule has 1 atom stereocenters. The van der Waals surface area contributed by atoms with Crippen LogP contribution >= 0.6 is 0 Å². The topological polar surface area (TPSA) is 3.24 Å². The smallest absolute Gasteiger partial charge is 0.147 e. The molecule has 0 fully saturated rings. The van der Waals surface area contributed by atoms with E-state index in [1.165, 1.54) is 66.0 Å². The van der Waals surface area contributed by atoms with Crippen LogP contribution in [0.5, 0.6) is 0 Å². The molecule has 0 aromatic heterocycles. The fraction of sp³-hybridized carbons (Fsp3) is 0.100. The molecule has 1 unspecified atom stereocenters. The molecule has 6 aromatic rings. The number of fused-ring (bicyclic) bond motifs is 6. The van der Waals surface area contributed by atoms with Gasteiger partial charge in [0.05, 0.1) is 5.69 Å². The summed E-state index contributed by atoms with van der Waals surface area (Å²) in [4.78, 5) is 2.49. The number of hydrogen-bond acceptors (Lipinski definition) is 1. The van der Waals surface area contributed by atoms with Crippen molar-refractivity contribution in [2.75, 3.05) is 4.90 Å². The first-order chi connectivity index (χ1) is 20.5. The Morgan fingerprint density at radius 3 is 1.90 bits per heavy atom. The second-order valence-corrected chi connectivity index (χ2v) is 16.2. The molecule has 8 rings (SSSR count). The number of hydrogen-bond donors (Lipinski definition) is 0. The van der Waals surface area contributed by atoms with Crippen molar-refractivity contribution in [2.24, 2.45) is 0 Å². The van der Waals surface area contributed by atoms with E-state index in [9.17, 15) is 0 Å². The minimum atomic E-state index is -2.19. The lowest BCUT2D eigenvalue weighted by atomic mass is 9.82. The summed E-state index contributed by atoms with van der Waals surface area (Å²) in [7, 11) is -2.19. The standard InChI is InChI=1S/C40H33NSi/c1-40(2)34-21-12-10-19-31(34)32-26-25-29(27-35(32)40)41(28-15-6-4-7-16-28)36-22-14-24-38-39(36)33-20-11-13-23-37(33)42(38,3)30-17-8-5-9-18-30/h4-27H,1-3H3. The van der Waals surface area contributed by atoms with Crippen molar-refractivity contribution in [1.29, 1.82) is 0 Å². The molecule has 0 saturated carbocycles. The minimum Gasteiger partial charge on any atom is -0.310 e. The summed E-state index contributed by atoms with van der Waals surface area (Å²) in [6.07, 6.45) is 0. The quantitative estimate of drug-likeness (QED) is 0.197. The van der Waals surface area contributed by atoms with E-state index in [0.717, 1.165) is 0 Å². The highest BCUT2D eigenvalue weighted by molar-refractivity contribution is 7.13. The number of nitrogens with zero attached hydrogens (tertiary/aromatic N) is 1. The van der Waals surface area contributed by atoms with Crippen LogP contribution in [0.4, 0.5) is 17.1 Å². The summed E-state index contributed by atoms with van der Waals surface area (Å²) >= 11 is 0. The Morgan fingerprint density at radius 2 is 1.12 bits per heavy atom. The molecule has 0 bridgehead atoms. The van der Waals surface area contributed by atoms with E-state index in [1.54, 1.807) is 0 Å². The van der Waals surface area contributed by atoms with E-state index < -0.39 is 8.07 Å². The molecule has 1 aliphatic carbocycles. The maximum atomic E-state index is 2.53. The van der Waals surface area contributed by atoms with Crippen LogP contribution in [-0.4, -0.2) is 8.07 Å². The normalized spacial score (nSPS) is 17.2. The van der Waals surface area contributed by atoms with Gasteiger partial charge in [-0.15, -0.1) is 0 Å². The predicted octanol–water partition coefficient (Wildman–Crippen LogP) is 8.54. The van der Waals surface area contributed by atoms with Gasteiger partial charge in [-0.3, -0.25) is 0 Å². The average Bonchev–Trinajstić information content (AvgIpc) is 3.44. The van der Waals surface area contributed by atoms with E-state index in [-0.39, 0.29) is 5.41 Å². The van der Waals surface area contributed by atoms with Gasteiger partial charge in [0.15, 0.2) is 0 Å². The molecule has 1 heterocycles. The number of para-hydroxylation sites is 1.